The second kappa shape index (κ2) is 14.6. The van der Waals surface area contributed by atoms with Crippen molar-refractivity contribution in [1.82, 2.24) is 20.5 Å². The number of β-lactam (4-membered cyclic amide) rings is 1. The van der Waals surface area contributed by atoms with E-state index >= 15 is 0 Å². The molecule has 2 fully saturated rings. The van der Waals surface area contributed by atoms with Crippen LogP contribution in [0.4, 0.5) is 5.13 Å². The molecule has 0 saturated carbocycles. The number of hydrogen-bond donors (Lipinski definition) is 7. The molecule has 17 nitrogen and oxygen atoms in total. The molecular weight excluding hydrogens is 730 g/mol. The lowest BCUT2D eigenvalue weighted by Crippen LogP contribution is -2.71. The van der Waals surface area contributed by atoms with Crippen LogP contribution in [0.1, 0.15) is 49.7 Å². The molecule has 3 aliphatic rings. The number of aromatic hydroxyl groups is 2. The molecule has 0 aliphatic carbocycles. The van der Waals surface area contributed by atoms with Gasteiger partial charge in [-0.1, -0.05) is 16.8 Å². The van der Waals surface area contributed by atoms with E-state index in [1.807, 2.05) is 6.92 Å². The van der Waals surface area contributed by atoms with E-state index in [-0.39, 0.29) is 38.9 Å². The summed E-state index contributed by atoms with van der Waals surface area (Å²) >= 11 is 8.22. The second-order valence-corrected chi connectivity index (χ2v) is 15.6. The molecule has 274 valence electrons. The summed E-state index contributed by atoms with van der Waals surface area (Å²) in [5.41, 5.74) is 3.98. The van der Waals surface area contributed by atoms with Crippen molar-refractivity contribution < 1.29 is 53.7 Å². The fraction of sp³-hybridized carbons (Fsp3) is 0.452. The minimum absolute atomic E-state index is 0.00118. The van der Waals surface area contributed by atoms with Gasteiger partial charge in [0.1, 0.15) is 29.4 Å². The zero-order chi connectivity index (χ0) is 37.4. The summed E-state index contributed by atoms with van der Waals surface area (Å²) in [5.74, 6) is -5.74. The normalized spacial score (nSPS) is 21.5. The van der Waals surface area contributed by atoms with Gasteiger partial charge in [0, 0.05) is 34.6 Å². The number of thiazole rings is 1. The predicted octanol–water partition coefficient (Wildman–Crippen LogP) is 1.54. The Kier molecular flexibility index (Phi) is 10.8. The number of carboxylic acids is 2. The molecule has 1 aromatic carbocycles. The Bertz CT molecular complexity index is 1820. The maximum absolute atomic E-state index is 13.6. The van der Waals surface area contributed by atoms with Crippen LogP contribution in [0.3, 0.4) is 0 Å². The minimum atomic E-state index is -1.80. The van der Waals surface area contributed by atoms with E-state index in [2.05, 4.69) is 20.8 Å². The number of nitrogen functional groups attached to an aromatic ring is 1. The number of aliphatic carboxylic acids is 2. The summed E-state index contributed by atoms with van der Waals surface area (Å²) in [7, 11) is 0. The molecule has 3 amide bonds. The zero-order valence-electron chi connectivity index (χ0n) is 27.7. The SMILES string of the molecule is C[C@@H]1S[C@@H]2[C@H](NC(=O)/C(=N\OC(C)(C)C(=O)O)c3csc(N)n3)C(=O)N2C(C(=O)O)=C1C[N+]1(CCNC(=O)c2cc(O)c(O)c(Cl)c2)CCCC1. The van der Waals surface area contributed by atoms with Crippen molar-refractivity contribution >= 4 is 75.2 Å². The van der Waals surface area contributed by atoms with Gasteiger partial charge in [0.05, 0.1) is 31.2 Å². The summed E-state index contributed by atoms with van der Waals surface area (Å²) < 4.78 is 0.467. The summed E-state index contributed by atoms with van der Waals surface area (Å²) in [6, 6.07) is 1.21. The van der Waals surface area contributed by atoms with Crippen LogP contribution in [0.5, 0.6) is 11.5 Å². The third-order valence-corrected chi connectivity index (χ3v) is 11.4. The number of carboxylic acid groups (broad SMARTS) is 2. The Morgan fingerprint density at radius 1 is 1.20 bits per heavy atom. The monoisotopic (exact) mass is 766 g/mol. The summed E-state index contributed by atoms with van der Waals surface area (Å²) in [6.07, 6.45) is 1.77. The number of carbonyl (C=O) groups is 5. The van der Waals surface area contributed by atoms with Gasteiger partial charge in [0.15, 0.2) is 22.3 Å². The predicted molar refractivity (Wildman–Crippen MR) is 186 cm³/mol. The van der Waals surface area contributed by atoms with Crippen LogP contribution in [0.15, 0.2) is 33.9 Å². The number of amides is 3. The van der Waals surface area contributed by atoms with Crippen LogP contribution in [-0.2, 0) is 24.0 Å². The standard InChI is InChI=1S/C31H36ClN7O10S2/c1-14-16(12-39(7-4-5-8-39)9-6-34-24(42)15-10-17(32)23(41)19(40)11-15)22(28(45)46)38-26(44)21(27(38)51-14)36-25(43)20(18-13-50-30(33)35-18)37-49-31(2,3)29(47)48/h10-11,13-14,21,27H,4-9,12H2,1-3H3,(H7-,33,34,35,36,37,40,41,42,43,45,46,47,48)/p+1/t14-,21+,27+/m0/s1. The van der Waals surface area contributed by atoms with Crippen LogP contribution in [0.2, 0.25) is 5.02 Å². The molecule has 20 heteroatoms. The van der Waals surface area contributed by atoms with Crippen LogP contribution >= 0.6 is 34.7 Å². The van der Waals surface area contributed by atoms with E-state index in [1.165, 1.54) is 42.0 Å². The average molecular weight is 767 g/mol. The number of nitrogens with two attached hydrogens (primary N) is 1. The van der Waals surface area contributed by atoms with E-state index < -0.39 is 63.9 Å². The van der Waals surface area contributed by atoms with E-state index in [4.69, 9.17) is 22.2 Å². The van der Waals surface area contributed by atoms with Crippen molar-refractivity contribution in [3.63, 3.8) is 0 Å². The number of fused-ring (bicyclic) bond motifs is 1. The first-order chi connectivity index (χ1) is 23.9. The first-order valence-corrected chi connectivity index (χ1v) is 18.0. The number of aromatic nitrogens is 1. The van der Waals surface area contributed by atoms with E-state index in [9.17, 15) is 44.4 Å². The van der Waals surface area contributed by atoms with Crippen molar-refractivity contribution in [2.24, 2.45) is 5.16 Å². The number of anilines is 1. The number of carbonyl (C=O) groups excluding carboxylic acids is 3. The van der Waals surface area contributed by atoms with Gasteiger partial charge in [-0.15, -0.1) is 23.1 Å². The topological polar surface area (TPSA) is 254 Å². The van der Waals surface area contributed by atoms with Gasteiger partial charge in [-0.25, -0.2) is 14.6 Å². The highest BCUT2D eigenvalue weighted by Crippen LogP contribution is 2.45. The van der Waals surface area contributed by atoms with Crippen molar-refractivity contribution in [3.8, 4) is 11.5 Å². The Balaban J connectivity index is 1.32. The maximum atomic E-state index is 13.6. The Labute approximate surface area is 304 Å². The molecule has 1 aromatic heterocycles. The van der Waals surface area contributed by atoms with Gasteiger partial charge >= 0.3 is 11.9 Å². The largest absolute Gasteiger partial charge is 0.504 e. The average Bonchev–Trinajstić information content (AvgIpc) is 3.71. The number of hydrogen-bond acceptors (Lipinski definition) is 13. The fourth-order valence-electron chi connectivity index (χ4n) is 6.12. The van der Waals surface area contributed by atoms with Gasteiger partial charge in [-0.05, 0) is 32.9 Å². The molecule has 3 aliphatic heterocycles. The van der Waals surface area contributed by atoms with Crippen molar-refractivity contribution in [1.29, 1.82) is 0 Å². The van der Waals surface area contributed by atoms with Crippen molar-refractivity contribution in [3.05, 3.63) is 45.1 Å². The Hall–Kier alpha value is -4.59. The lowest BCUT2D eigenvalue weighted by Gasteiger charge is -2.51. The van der Waals surface area contributed by atoms with Crippen LogP contribution in [0.25, 0.3) is 0 Å². The highest BCUT2D eigenvalue weighted by Gasteiger charge is 2.57. The highest BCUT2D eigenvalue weighted by atomic mass is 35.5. The number of quaternary nitrogens is 1. The van der Waals surface area contributed by atoms with Crippen molar-refractivity contribution in [2.75, 3.05) is 38.5 Å². The minimum Gasteiger partial charge on any atom is -0.504 e. The highest BCUT2D eigenvalue weighted by molar-refractivity contribution is 8.00. The molecular formula is C31H37ClN7O10S2+. The third-order valence-electron chi connectivity index (χ3n) is 8.97. The lowest BCUT2D eigenvalue weighted by molar-refractivity contribution is -0.911. The molecule has 0 unspecified atom stereocenters. The number of halogens is 1. The van der Waals surface area contributed by atoms with Gasteiger partial charge in [0.2, 0.25) is 5.60 Å². The summed E-state index contributed by atoms with van der Waals surface area (Å²) in [5, 5.41) is 48.7. The first kappa shape index (κ1) is 37.7. The quantitative estimate of drug-likeness (QED) is 0.0503. The molecule has 2 saturated heterocycles. The lowest BCUT2D eigenvalue weighted by atomic mass is 9.99. The molecule has 5 rings (SSSR count). The van der Waals surface area contributed by atoms with Gasteiger partial charge in [-0.2, -0.15) is 0 Å². The number of benzene rings is 1. The maximum Gasteiger partial charge on any atom is 0.352 e. The Morgan fingerprint density at radius 2 is 1.88 bits per heavy atom. The van der Waals surface area contributed by atoms with Crippen LogP contribution < -0.4 is 16.4 Å². The molecule has 3 atom stereocenters. The first-order valence-electron chi connectivity index (χ1n) is 15.8. The van der Waals surface area contributed by atoms with E-state index in [1.54, 1.807) is 0 Å². The zero-order valence-corrected chi connectivity index (χ0v) is 30.1. The van der Waals surface area contributed by atoms with Gasteiger partial charge < -0.3 is 46.1 Å². The number of oxime groups is 1. The molecule has 2 aromatic rings. The summed E-state index contributed by atoms with van der Waals surface area (Å²) in [6.45, 7) is 6.73. The van der Waals surface area contributed by atoms with E-state index in [0.29, 0.717) is 23.1 Å². The number of phenols is 2. The second-order valence-electron chi connectivity index (χ2n) is 12.9. The van der Waals surface area contributed by atoms with Gasteiger partial charge in [-0.3, -0.25) is 19.3 Å². The molecule has 4 heterocycles. The number of phenolic OH excluding ortho intramolecular Hbond substituents is 2. The number of thioether (sulfide) groups is 1. The summed E-state index contributed by atoms with van der Waals surface area (Å²) in [4.78, 5) is 74.5. The van der Waals surface area contributed by atoms with Crippen molar-refractivity contribution in [2.45, 2.75) is 55.9 Å². The Morgan fingerprint density at radius 3 is 2.47 bits per heavy atom. The molecule has 0 spiro atoms. The number of nitrogens with zero attached hydrogens (tertiary/aromatic N) is 4. The molecule has 51 heavy (non-hydrogen) atoms. The van der Waals surface area contributed by atoms with E-state index in [0.717, 1.165) is 43.3 Å². The number of rotatable bonds is 13. The van der Waals surface area contributed by atoms with Crippen LogP contribution in [-0.4, -0.2) is 125 Å². The smallest absolute Gasteiger partial charge is 0.352 e. The molecule has 0 bridgehead atoms. The fourth-order valence-corrected chi connectivity index (χ4v) is 8.32. The third kappa shape index (κ3) is 7.70. The number of likely N-dealkylation sites (tertiary alicyclic amines) is 1. The molecule has 0 radical (unpaired) electrons. The number of nitrogens with one attached hydrogen (secondary N) is 2. The molecule has 8 N–H and O–H groups in total. The van der Waals surface area contributed by atoms with Crippen LogP contribution in [0, 0.1) is 0 Å². The van der Waals surface area contributed by atoms with Gasteiger partial charge in [0.25, 0.3) is 17.7 Å².